The molecule has 0 spiro atoms. The molecule has 0 amide bonds. The molecule has 0 unspecified atom stereocenters. The molecule has 1 aliphatic rings. The van der Waals surface area contributed by atoms with Gasteiger partial charge in [0.25, 0.3) is 0 Å². The number of hydrogen-bond donors (Lipinski definition) is 0. The summed E-state index contributed by atoms with van der Waals surface area (Å²) in [6, 6.07) is 3.89. The predicted octanol–water partition coefficient (Wildman–Crippen LogP) is 3.33. The Morgan fingerprint density at radius 1 is 1.25 bits per heavy atom. The predicted molar refractivity (Wildman–Crippen MR) is 110 cm³/mol. The molecule has 3 aromatic heterocycles. The van der Waals surface area contributed by atoms with Gasteiger partial charge < -0.3 is 9.74 Å². The molecule has 4 rings (SSSR count). The maximum atomic E-state index is 5.47. The highest BCUT2D eigenvalue weighted by molar-refractivity contribution is 7.18. The fourth-order valence-corrected chi connectivity index (χ4v) is 3.83. The quantitative estimate of drug-likeness (QED) is 0.626. The average Bonchev–Trinajstić information content (AvgIpc) is 3.09. The van der Waals surface area contributed by atoms with Crippen molar-refractivity contribution >= 4 is 22.9 Å². The maximum absolute atomic E-state index is 5.47. The van der Waals surface area contributed by atoms with Crippen molar-refractivity contribution in [3.05, 3.63) is 35.9 Å². The van der Waals surface area contributed by atoms with Gasteiger partial charge >= 0.3 is 0 Å². The van der Waals surface area contributed by atoms with Crippen LogP contribution in [-0.2, 0) is 4.84 Å². The van der Waals surface area contributed by atoms with Gasteiger partial charge in [0.15, 0.2) is 11.6 Å². The van der Waals surface area contributed by atoms with E-state index in [4.69, 9.17) is 9.82 Å². The molecule has 0 atom stereocenters. The van der Waals surface area contributed by atoms with Crippen molar-refractivity contribution in [1.82, 2.24) is 25.1 Å². The minimum Gasteiger partial charge on any atom is -0.393 e. The number of hydrogen-bond acceptors (Lipinski definition) is 9. The van der Waals surface area contributed by atoms with Gasteiger partial charge in [-0.05, 0) is 32.9 Å². The molecule has 144 valence electrons. The fourth-order valence-electron chi connectivity index (χ4n) is 2.84. The van der Waals surface area contributed by atoms with Gasteiger partial charge in [-0.2, -0.15) is 0 Å². The van der Waals surface area contributed by atoms with Crippen molar-refractivity contribution in [2.24, 2.45) is 5.16 Å². The summed E-state index contributed by atoms with van der Waals surface area (Å²) in [7, 11) is 1.98. The average molecular weight is 395 g/mol. The number of anilines is 1. The Bertz CT molecular complexity index is 1020. The number of thiazole rings is 1. The molecule has 1 aliphatic heterocycles. The van der Waals surface area contributed by atoms with E-state index < -0.39 is 0 Å². The van der Waals surface area contributed by atoms with Crippen LogP contribution in [0.2, 0.25) is 0 Å². The van der Waals surface area contributed by atoms with Crippen LogP contribution in [0.1, 0.15) is 31.7 Å². The second kappa shape index (κ2) is 7.59. The van der Waals surface area contributed by atoms with Crippen molar-refractivity contribution in [3.63, 3.8) is 0 Å². The van der Waals surface area contributed by atoms with Crippen LogP contribution in [0.4, 0.5) is 5.82 Å². The zero-order valence-corrected chi connectivity index (χ0v) is 17.1. The zero-order chi connectivity index (χ0) is 19.7. The van der Waals surface area contributed by atoms with E-state index in [9.17, 15) is 0 Å². The molecular weight excluding hydrogens is 374 g/mol. The number of rotatable bonds is 4. The molecule has 0 saturated heterocycles. The summed E-state index contributed by atoms with van der Waals surface area (Å²) in [6.07, 6.45) is 4.31. The molecule has 0 N–H and O–H groups in total. The van der Waals surface area contributed by atoms with Crippen molar-refractivity contribution in [3.8, 4) is 21.3 Å². The van der Waals surface area contributed by atoms with Crippen molar-refractivity contribution in [2.75, 3.05) is 18.5 Å². The van der Waals surface area contributed by atoms with Gasteiger partial charge in [-0.25, -0.2) is 9.97 Å². The Kier molecular flexibility index (Phi) is 4.99. The minimum absolute atomic E-state index is 0.00986. The monoisotopic (exact) mass is 395 g/mol. The van der Waals surface area contributed by atoms with Crippen LogP contribution in [0.25, 0.3) is 21.3 Å². The van der Waals surface area contributed by atoms with Crippen LogP contribution in [0.15, 0.2) is 29.7 Å². The Hall–Kier alpha value is -2.94. The normalized spacial score (nSPS) is 15.2. The molecule has 0 radical (unpaired) electrons. The molecule has 8 nitrogen and oxygen atoms in total. The topological polar surface area (TPSA) is 89.3 Å². The molecule has 0 saturated carbocycles. The van der Waals surface area contributed by atoms with Gasteiger partial charge in [0.05, 0.1) is 10.6 Å². The summed E-state index contributed by atoms with van der Waals surface area (Å²) < 4.78 is 0. The van der Waals surface area contributed by atoms with E-state index in [-0.39, 0.29) is 6.10 Å². The maximum Gasteiger partial charge on any atom is 0.194 e. The Labute approximate surface area is 167 Å². The van der Waals surface area contributed by atoms with Gasteiger partial charge in [-0.3, -0.25) is 4.98 Å². The molecule has 3 aromatic rings. The van der Waals surface area contributed by atoms with Gasteiger partial charge in [0.2, 0.25) is 0 Å². The number of nitrogens with zero attached hydrogens (tertiary/aromatic N) is 7. The van der Waals surface area contributed by atoms with E-state index >= 15 is 0 Å². The number of oxime groups is 1. The summed E-state index contributed by atoms with van der Waals surface area (Å²) >= 11 is 1.54. The lowest BCUT2D eigenvalue weighted by molar-refractivity contribution is 0.0855. The van der Waals surface area contributed by atoms with E-state index in [0.29, 0.717) is 5.82 Å². The van der Waals surface area contributed by atoms with E-state index in [1.165, 1.54) is 11.3 Å². The molecular formula is C19H21N7OS. The number of aryl methyl sites for hydroxylation is 1. The summed E-state index contributed by atoms with van der Waals surface area (Å²) in [5.41, 5.74) is 3.36. The number of pyridine rings is 1. The molecule has 0 aliphatic carbocycles. The smallest absolute Gasteiger partial charge is 0.194 e. The number of aromatic nitrogens is 5. The van der Waals surface area contributed by atoms with Crippen LogP contribution >= 0.6 is 11.3 Å². The van der Waals surface area contributed by atoms with Crippen LogP contribution in [-0.4, -0.2) is 50.6 Å². The molecule has 0 fully saturated rings. The first-order valence-electron chi connectivity index (χ1n) is 9.10. The van der Waals surface area contributed by atoms with Crippen molar-refractivity contribution in [2.45, 2.75) is 33.3 Å². The fraction of sp³-hybridized carbons (Fsp3) is 0.368. The number of fused-ring (bicyclic) bond motifs is 1. The second-order valence-electron chi connectivity index (χ2n) is 6.85. The Balaban J connectivity index is 1.75. The summed E-state index contributed by atoms with van der Waals surface area (Å²) in [5, 5.41) is 14.0. The molecule has 9 heteroatoms. The highest BCUT2D eigenvalue weighted by atomic mass is 32.1. The first-order chi connectivity index (χ1) is 13.5. The van der Waals surface area contributed by atoms with Crippen LogP contribution in [0.3, 0.4) is 0 Å². The minimum atomic E-state index is 0.00986. The van der Waals surface area contributed by atoms with Gasteiger partial charge in [-0.1, -0.05) is 5.16 Å². The van der Waals surface area contributed by atoms with Gasteiger partial charge in [0.1, 0.15) is 22.5 Å². The highest BCUT2D eigenvalue weighted by Gasteiger charge is 2.26. The molecule has 4 heterocycles. The summed E-state index contributed by atoms with van der Waals surface area (Å²) in [4.78, 5) is 22.0. The molecule has 0 bridgehead atoms. The van der Waals surface area contributed by atoms with Crippen molar-refractivity contribution in [1.29, 1.82) is 0 Å². The summed E-state index contributed by atoms with van der Waals surface area (Å²) in [5.74, 6) is 1.27. The standard InChI is InChI=1S/C19H21N7OS/c1-11(2)27-25-14-7-9-26(4)18-15(14)22-17(23-24-18)16-12(3)21-19(28-16)13-6-5-8-20-10-13/h5-6,8,10-11H,7,9H2,1-4H3/b25-14+. The molecule has 0 aromatic carbocycles. The lowest BCUT2D eigenvalue weighted by Gasteiger charge is -2.25. The lowest BCUT2D eigenvalue weighted by Crippen LogP contribution is -2.31. The SMILES string of the molecule is Cc1nc(-c2cccnc2)sc1-c1nnc2c(n1)/C(=N/OC(C)C)CCN2C. The van der Waals surface area contributed by atoms with E-state index in [0.717, 1.165) is 51.3 Å². The first kappa shape index (κ1) is 18.4. The van der Waals surface area contributed by atoms with Crippen LogP contribution < -0.4 is 4.90 Å². The van der Waals surface area contributed by atoms with Crippen molar-refractivity contribution < 1.29 is 4.84 Å². The first-order valence-corrected chi connectivity index (χ1v) is 9.91. The van der Waals surface area contributed by atoms with E-state index in [1.807, 2.05) is 44.9 Å². The van der Waals surface area contributed by atoms with E-state index in [1.54, 1.807) is 12.4 Å². The van der Waals surface area contributed by atoms with Gasteiger partial charge in [-0.15, -0.1) is 21.5 Å². The third-order valence-corrected chi connectivity index (χ3v) is 5.47. The van der Waals surface area contributed by atoms with Gasteiger partial charge in [0, 0.05) is 38.0 Å². The summed E-state index contributed by atoms with van der Waals surface area (Å²) in [6.45, 7) is 6.65. The molecule has 28 heavy (non-hydrogen) atoms. The zero-order valence-electron chi connectivity index (χ0n) is 16.2. The van der Waals surface area contributed by atoms with E-state index in [2.05, 4.69) is 25.3 Å². The van der Waals surface area contributed by atoms with Crippen LogP contribution in [0, 0.1) is 6.92 Å². The third kappa shape index (κ3) is 3.57. The largest absolute Gasteiger partial charge is 0.393 e. The van der Waals surface area contributed by atoms with Crippen LogP contribution in [0.5, 0.6) is 0 Å². The Morgan fingerprint density at radius 3 is 2.86 bits per heavy atom. The Morgan fingerprint density at radius 2 is 2.11 bits per heavy atom. The third-order valence-electron chi connectivity index (χ3n) is 4.27. The highest BCUT2D eigenvalue weighted by Crippen LogP contribution is 2.34. The lowest BCUT2D eigenvalue weighted by atomic mass is 10.1. The second-order valence-corrected chi connectivity index (χ2v) is 7.85.